The predicted octanol–water partition coefficient (Wildman–Crippen LogP) is 18.3. The Morgan fingerprint density at radius 2 is 0.598 bits per heavy atom. The molecule has 384 valence electrons. The molecule has 13 aromatic rings. The highest BCUT2D eigenvalue weighted by molar-refractivity contribution is 6.07. The number of aromatic nitrogens is 7. The molecular weight excluding hydrogens is 1000 g/mol. The van der Waals surface area contributed by atoms with Crippen LogP contribution in [0.15, 0.2) is 279 Å². The summed E-state index contributed by atoms with van der Waals surface area (Å²) in [4.78, 5) is 45.9. The molecule has 0 fully saturated rings. The lowest BCUT2D eigenvalue weighted by Gasteiger charge is -2.41. The fourth-order valence-electron chi connectivity index (χ4n) is 10.6. The molecule has 0 spiro atoms. The summed E-state index contributed by atoms with van der Waals surface area (Å²) in [6.07, 6.45) is 0. The van der Waals surface area contributed by atoms with Crippen molar-refractivity contribution in [2.75, 3.05) is 9.80 Å². The van der Waals surface area contributed by atoms with Crippen molar-refractivity contribution in [2.45, 2.75) is 0 Å². The quantitative estimate of drug-likeness (QED) is 0.117. The lowest BCUT2D eigenvalue weighted by Crippen LogP contribution is -2.25. The van der Waals surface area contributed by atoms with Gasteiger partial charge in [-0.3, -0.25) is 4.90 Å². The van der Waals surface area contributed by atoms with Gasteiger partial charge < -0.3 is 4.90 Å². The fraction of sp³-hybridized carbons (Fsp3) is 0. The predicted molar refractivity (Wildman–Crippen MR) is 329 cm³/mol. The van der Waals surface area contributed by atoms with E-state index in [1.807, 2.05) is 176 Å². The topological polar surface area (TPSA) is 101 Å². The van der Waals surface area contributed by atoms with E-state index in [2.05, 4.69) is 118 Å². The minimum Gasteiger partial charge on any atom is -0.305 e. The maximum Gasteiger partial charge on any atom is 0.187 e. The van der Waals surface area contributed by atoms with Crippen molar-refractivity contribution in [3.63, 3.8) is 0 Å². The van der Waals surface area contributed by atoms with Crippen LogP contribution in [0.3, 0.4) is 0 Å². The van der Waals surface area contributed by atoms with Crippen molar-refractivity contribution in [3.05, 3.63) is 290 Å². The van der Waals surface area contributed by atoms with E-state index in [0.717, 1.165) is 95.6 Å². The van der Waals surface area contributed by atoms with Gasteiger partial charge in [-0.2, -0.15) is 0 Å². The van der Waals surface area contributed by atoms with Gasteiger partial charge in [0.2, 0.25) is 0 Å². The number of benzene rings is 10. The second kappa shape index (κ2) is 21.4. The Kier molecular flexibility index (Phi) is 12.7. The van der Waals surface area contributed by atoms with E-state index in [9.17, 15) is 0 Å². The molecule has 0 atom stereocenters. The van der Waals surface area contributed by atoms with E-state index < -0.39 is 0 Å². The van der Waals surface area contributed by atoms with Crippen molar-refractivity contribution < 1.29 is 0 Å². The summed E-state index contributed by atoms with van der Waals surface area (Å²) in [5.41, 5.74) is 15.6. The van der Waals surface area contributed by atoms with Crippen LogP contribution in [0.4, 0.5) is 39.9 Å². The molecule has 0 N–H and O–H groups in total. The largest absolute Gasteiger partial charge is 0.305 e. The first kappa shape index (κ1) is 48.8. The molecule has 3 aromatic heterocycles. The first-order valence-corrected chi connectivity index (χ1v) is 26.9. The molecule has 0 amide bonds. The number of nitrogens with zero attached hydrogens (tertiary/aromatic N) is 10. The van der Waals surface area contributed by atoms with Crippen LogP contribution in [0, 0.1) is 6.57 Å². The Bertz CT molecular complexity index is 4280. The van der Waals surface area contributed by atoms with Gasteiger partial charge in [0.15, 0.2) is 34.8 Å². The van der Waals surface area contributed by atoms with Crippen LogP contribution >= 0.6 is 0 Å². The summed E-state index contributed by atoms with van der Waals surface area (Å²) in [5.74, 6) is 3.25. The highest BCUT2D eigenvalue weighted by Crippen LogP contribution is 2.58. The normalized spacial score (nSPS) is 11.6. The number of fused-ring (bicyclic) bond motifs is 2. The van der Waals surface area contributed by atoms with Crippen LogP contribution in [0.25, 0.3) is 107 Å². The van der Waals surface area contributed by atoms with E-state index in [4.69, 9.17) is 41.5 Å². The highest BCUT2D eigenvalue weighted by Gasteiger charge is 2.35. The highest BCUT2D eigenvalue weighted by atomic mass is 15.3. The van der Waals surface area contributed by atoms with E-state index in [1.54, 1.807) is 0 Å². The summed E-state index contributed by atoms with van der Waals surface area (Å²) < 4.78 is 0. The molecule has 14 rings (SSSR count). The summed E-state index contributed by atoms with van der Waals surface area (Å²) in [6.45, 7) is 8.02. The van der Waals surface area contributed by atoms with Crippen LogP contribution in [0.5, 0.6) is 0 Å². The molecule has 10 heteroatoms. The van der Waals surface area contributed by atoms with Gasteiger partial charge in [-0.1, -0.05) is 231 Å². The third kappa shape index (κ3) is 9.36. The Morgan fingerprint density at radius 3 is 1.02 bits per heavy atom. The van der Waals surface area contributed by atoms with Gasteiger partial charge >= 0.3 is 0 Å². The van der Waals surface area contributed by atoms with Crippen LogP contribution in [-0.4, -0.2) is 34.9 Å². The SMILES string of the molecule is [C-]#[N+]c1ccc(-c2cc(-c3nc(-c4ccccc4)cc(-c4ccccc4)n3)cc(-c3nc(-c4ccccc4)nc(-c4ccccc4)n3)c2N2c3ccccc3N(c3cc(-c4ccccc4)nc(-c4ccccc4)n3)c3ccccc32)cc1. The van der Waals surface area contributed by atoms with E-state index >= 15 is 0 Å². The molecule has 82 heavy (non-hydrogen) atoms. The third-order valence-corrected chi connectivity index (χ3v) is 14.5. The average Bonchev–Trinajstić information content (AvgIpc) is 3.64. The number of anilines is 6. The summed E-state index contributed by atoms with van der Waals surface area (Å²) >= 11 is 0. The molecule has 10 nitrogen and oxygen atoms in total. The zero-order valence-electron chi connectivity index (χ0n) is 44.0. The van der Waals surface area contributed by atoms with Gasteiger partial charge in [-0.15, -0.1) is 0 Å². The molecule has 10 aromatic carbocycles. The Labute approximate surface area is 474 Å². The second-order valence-corrected chi connectivity index (χ2v) is 19.6. The summed E-state index contributed by atoms with van der Waals surface area (Å²) in [5, 5.41) is 0. The monoisotopic (exact) mass is 1050 g/mol. The number of rotatable bonds is 11. The van der Waals surface area contributed by atoms with Crippen molar-refractivity contribution in [2.24, 2.45) is 0 Å². The molecule has 0 aliphatic carbocycles. The molecule has 1 aliphatic heterocycles. The number of hydrogen-bond donors (Lipinski definition) is 0. The Morgan fingerprint density at radius 1 is 0.256 bits per heavy atom. The molecular formula is C72H46N10. The maximum atomic E-state index is 8.02. The van der Waals surface area contributed by atoms with Crippen molar-refractivity contribution in [1.29, 1.82) is 0 Å². The lowest BCUT2D eigenvalue weighted by molar-refractivity contribution is 1.07. The van der Waals surface area contributed by atoms with Crippen molar-refractivity contribution in [3.8, 4) is 102 Å². The van der Waals surface area contributed by atoms with Crippen LogP contribution in [0.1, 0.15) is 0 Å². The summed E-state index contributed by atoms with van der Waals surface area (Å²) in [7, 11) is 0. The zero-order chi connectivity index (χ0) is 54.8. The number of hydrogen-bond acceptors (Lipinski definition) is 9. The van der Waals surface area contributed by atoms with Crippen LogP contribution in [0.2, 0.25) is 0 Å². The minimum atomic E-state index is 0.430. The molecule has 0 saturated heterocycles. The van der Waals surface area contributed by atoms with Gasteiger partial charge in [-0.25, -0.2) is 39.7 Å². The second-order valence-electron chi connectivity index (χ2n) is 19.6. The average molecular weight is 1050 g/mol. The van der Waals surface area contributed by atoms with Crippen molar-refractivity contribution in [1.82, 2.24) is 34.9 Å². The molecule has 0 saturated carbocycles. The van der Waals surface area contributed by atoms with Gasteiger partial charge in [-0.05, 0) is 48.0 Å². The molecule has 0 unspecified atom stereocenters. The molecule has 0 radical (unpaired) electrons. The summed E-state index contributed by atoms with van der Waals surface area (Å²) in [6, 6.07) is 93.9. The lowest BCUT2D eigenvalue weighted by atomic mass is 9.93. The first-order chi connectivity index (χ1) is 40.6. The zero-order valence-corrected chi connectivity index (χ0v) is 44.0. The smallest absolute Gasteiger partial charge is 0.187 e. The van der Waals surface area contributed by atoms with E-state index in [-0.39, 0.29) is 0 Å². The third-order valence-electron chi connectivity index (χ3n) is 14.5. The molecule has 1 aliphatic rings. The Balaban J connectivity index is 1.08. The standard InChI is InChI=1S/C72H46N10/c1-73-56-42-40-48(41-43-56)57-44-55(71-74-59(49-24-8-2-9-25-49)46-60(75-71)50-26-10-3-11-27-50)45-58(72-79-69(53-32-16-6-17-33-53)78-70(80-72)54-34-18-7-19-35-54)67(57)82-64-38-22-20-36-62(64)81(63-37-21-23-39-65(63)82)66-47-61(51-28-12-4-13-29-51)76-68(77-66)52-30-14-5-15-31-52/h2-47H. The van der Waals surface area contributed by atoms with Gasteiger partial charge in [0, 0.05) is 56.1 Å². The van der Waals surface area contributed by atoms with Gasteiger partial charge in [0.05, 0.1) is 52.1 Å². The van der Waals surface area contributed by atoms with Gasteiger partial charge in [0.25, 0.3) is 0 Å². The number of para-hydroxylation sites is 4. The van der Waals surface area contributed by atoms with Crippen LogP contribution in [-0.2, 0) is 0 Å². The fourth-order valence-corrected chi connectivity index (χ4v) is 10.6. The Hall–Kier alpha value is -11.5. The first-order valence-electron chi connectivity index (χ1n) is 26.9. The van der Waals surface area contributed by atoms with Crippen molar-refractivity contribution >= 4 is 39.9 Å². The minimum absolute atomic E-state index is 0.430. The maximum absolute atomic E-state index is 8.02. The van der Waals surface area contributed by atoms with Gasteiger partial charge in [0.1, 0.15) is 5.82 Å². The van der Waals surface area contributed by atoms with E-state index in [1.165, 1.54) is 0 Å². The van der Waals surface area contributed by atoms with Crippen LogP contribution < -0.4 is 9.80 Å². The van der Waals surface area contributed by atoms with E-state index in [0.29, 0.717) is 46.2 Å². The molecule has 0 bridgehead atoms. The molecule has 4 heterocycles.